The Bertz CT molecular complexity index is 321. The van der Waals surface area contributed by atoms with Gasteiger partial charge in [-0.3, -0.25) is 0 Å². The average molecular weight is 369 g/mol. The lowest BCUT2D eigenvalue weighted by atomic mass is 9.73. The van der Waals surface area contributed by atoms with Crippen molar-refractivity contribution < 1.29 is 0 Å². The van der Waals surface area contributed by atoms with Crippen LogP contribution >= 0.6 is 0 Å². The van der Waals surface area contributed by atoms with Crippen LogP contribution in [0, 0.1) is 23.2 Å². The second-order valence-corrected chi connectivity index (χ2v) is 8.35. The molecular weight excluding hydrogens is 312 g/mol. The van der Waals surface area contributed by atoms with Crippen molar-refractivity contribution in [3.8, 4) is 0 Å². The van der Waals surface area contributed by atoms with Gasteiger partial charge in [0.1, 0.15) is 0 Å². The van der Waals surface area contributed by atoms with Gasteiger partial charge in [-0.05, 0) is 48.9 Å². The van der Waals surface area contributed by atoms with Crippen molar-refractivity contribution in [1.82, 2.24) is 0 Å². The maximum atomic E-state index is 2.48. The monoisotopic (exact) mass is 368 g/mol. The summed E-state index contributed by atoms with van der Waals surface area (Å²) in [4.78, 5) is 0. The van der Waals surface area contributed by atoms with Crippen LogP contribution in [0.4, 0.5) is 0 Å². The zero-order valence-electron chi connectivity index (χ0n) is 18.4. The highest BCUT2D eigenvalue weighted by molar-refractivity contribution is 5.18. The van der Waals surface area contributed by atoms with Crippen molar-refractivity contribution in [3.05, 3.63) is 11.6 Å². The summed E-state index contributed by atoms with van der Waals surface area (Å²) in [6, 6.07) is 0. The largest absolute Gasteiger partial charge is 0.0847 e. The lowest BCUT2D eigenvalue weighted by molar-refractivity contribution is 0.233. The highest BCUT2D eigenvalue weighted by Crippen LogP contribution is 2.49. The summed E-state index contributed by atoms with van der Waals surface area (Å²) in [7, 11) is 0. The van der Waals surface area contributed by atoms with Gasteiger partial charge >= 0.3 is 0 Å². The SMILES string of the molecule is C.C.CC.CC.CC1CC2=CCC(C)(C2)C1.CCC(C)C1CCCCC1. The smallest absolute Gasteiger partial charge is 0.0251 e. The van der Waals surface area contributed by atoms with Gasteiger partial charge in [-0.2, -0.15) is 0 Å². The quantitative estimate of drug-likeness (QED) is 0.425. The van der Waals surface area contributed by atoms with Crippen molar-refractivity contribution >= 4 is 0 Å². The van der Waals surface area contributed by atoms with E-state index in [1.807, 2.05) is 27.7 Å². The molecule has 0 heterocycles. The molecule has 2 bridgehead atoms. The normalized spacial score (nSPS) is 27.4. The molecule has 0 spiro atoms. The lowest BCUT2D eigenvalue weighted by Crippen LogP contribution is -2.20. The van der Waals surface area contributed by atoms with E-state index in [9.17, 15) is 0 Å². The molecule has 0 radical (unpaired) electrons. The Morgan fingerprint density at radius 1 is 1.04 bits per heavy atom. The standard InChI is InChI=1S/C10H16.C10H20.2C2H6.2CH4/c1-8-5-9-3-4-10(2,6-8)7-9;1-3-9(2)10-7-5-4-6-8-10;2*1-2;;/h3,8H,4-7H2,1-2H3;9-10H,3-8H2,1-2H3;2*1-2H3;2*1H4. The Morgan fingerprint density at radius 3 is 2.04 bits per heavy atom. The first-order valence-electron chi connectivity index (χ1n) is 11.2. The van der Waals surface area contributed by atoms with Crippen molar-refractivity contribution in [2.24, 2.45) is 23.2 Å². The minimum Gasteiger partial charge on any atom is -0.0847 e. The Morgan fingerprint density at radius 2 is 1.58 bits per heavy atom. The van der Waals surface area contributed by atoms with Gasteiger partial charge in [0.25, 0.3) is 0 Å². The summed E-state index contributed by atoms with van der Waals surface area (Å²) in [5.74, 6) is 3.01. The van der Waals surface area contributed by atoms with E-state index < -0.39 is 0 Å². The Hall–Kier alpha value is -0.260. The zero-order chi connectivity index (χ0) is 18.6. The molecule has 0 amide bonds. The van der Waals surface area contributed by atoms with E-state index in [-0.39, 0.29) is 14.9 Å². The Kier molecular flexibility index (Phi) is 19.8. The highest BCUT2D eigenvalue weighted by Gasteiger charge is 2.35. The number of hydrogen-bond acceptors (Lipinski definition) is 0. The molecule has 0 aromatic rings. The van der Waals surface area contributed by atoms with Crippen LogP contribution in [0.2, 0.25) is 0 Å². The first-order chi connectivity index (χ1) is 11.5. The van der Waals surface area contributed by atoms with Gasteiger partial charge < -0.3 is 0 Å². The molecule has 0 nitrogen and oxygen atoms in total. The van der Waals surface area contributed by atoms with Crippen LogP contribution < -0.4 is 0 Å². The molecule has 3 unspecified atom stereocenters. The Balaban J connectivity index is -0.000000321. The third-order valence-corrected chi connectivity index (χ3v) is 6.09. The highest BCUT2D eigenvalue weighted by atomic mass is 14.4. The van der Waals surface area contributed by atoms with E-state index in [2.05, 4.69) is 33.8 Å². The van der Waals surface area contributed by atoms with Gasteiger partial charge in [0.2, 0.25) is 0 Å². The second kappa shape index (κ2) is 16.9. The van der Waals surface area contributed by atoms with E-state index in [0.29, 0.717) is 5.41 Å². The first kappa shape index (κ1) is 30.5. The zero-order valence-corrected chi connectivity index (χ0v) is 18.4. The summed E-state index contributed by atoms with van der Waals surface area (Å²) < 4.78 is 0. The van der Waals surface area contributed by atoms with Crippen LogP contribution in [-0.4, -0.2) is 0 Å². The fraction of sp³-hybridized carbons (Fsp3) is 0.923. The molecule has 0 aromatic heterocycles. The van der Waals surface area contributed by atoms with E-state index >= 15 is 0 Å². The average Bonchev–Trinajstić information content (AvgIpc) is 2.91. The summed E-state index contributed by atoms with van der Waals surface area (Å²) in [5.41, 5.74) is 2.41. The molecule has 0 heteroatoms. The molecule has 3 aliphatic carbocycles. The predicted molar refractivity (Wildman–Crippen MR) is 126 cm³/mol. The van der Waals surface area contributed by atoms with Crippen LogP contribution in [0.5, 0.6) is 0 Å². The predicted octanol–water partition coefficient (Wildman–Crippen LogP) is 10.1. The minimum atomic E-state index is 0. The lowest BCUT2D eigenvalue weighted by Gasteiger charge is -2.32. The molecule has 0 N–H and O–H groups in total. The molecule has 0 aliphatic heterocycles. The van der Waals surface area contributed by atoms with Gasteiger partial charge in [-0.1, -0.05) is 120 Å². The van der Waals surface area contributed by atoms with Gasteiger partial charge in [-0.25, -0.2) is 0 Å². The van der Waals surface area contributed by atoms with Crippen LogP contribution in [0.25, 0.3) is 0 Å². The second-order valence-electron chi connectivity index (χ2n) is 8.35. The molecule has 0 aromatic carbocycles. The number of allylic oxidation sites excluding steroid dienone is 2. The molecule has 2 saturated carbocycles. The van der Waals surface area contributed by atoms with Gasteiger partial charge in [-0.15, -0.1) is 0 Å². The molecule has 3 aliphatic rings. The number of hydrogen-bond donors (Lipinski definition) is 0. The van der Waals surface area contributed by atoms with Gasteiger partial charge in [0, 0.05) is 0 Å². The van der Waals surface area contributed by atoms with E-state index in [0.717, 1.165) is 17.8 Å². The molecule has 26 heavy (non-hydrogen) atoms. The van der Waals surface area contributed by atoms with Gasteiger partial charge in [0.05, 0.1) is 0 Å². The Labute approximate surface area is 169 Å². The molecule has 3 rings (SSSR count). The maximum absolute atomic E-state index is 2.48. The van der Waals surface area contributed by atoms with Crippen LogP contribution in [0.3, 0.4) is 0 Å². The van der Waals surface area contributed by atoms with Crippen molar-refractivity contribution in [2.75, 3.05) is 0 Å². The maximum Gasteiger partial charge on any atom is -0.0251 e. The summed E-state index contributed by atoms with van der Waals surface area (Å²) >= 11 is 0. The molecule has 2 fully saturated rings. The first-order valence-corrected chi connectivity index (χ1v) is 11.2. The third-order valence-electron chi connectivity index (χ3n) is 6.09. The van der Waals surface area contributed by atoms with E-state index in [1.165, 1.54) is 64.2 Å². The fourth-order valence-electron chi connectivity index (χ4n) is 4.79. The van der Waals surface area contributed by atoms with Crippen molar-refractivity contribution in [3.63, 3.8) is 0 Å². The molecule has 160 valence electrons. The van der Waals surface area contributed by atoms with Crippen LogP contribution in [0.15, 0.2) is 11.6 Å². The van der Waals surface area contributed by atoms with E-state index in [1.54, 1.807) is 5.57 Å². The van der Waals surface area contributed by atoms with Crippen molar-refractivity contribution in [1.29, 1.82) is 0 Å². The molecular formula is C26H56. The van der Waals surface area contributed by atoms with Crippen LogP contribution in [-0.2, 0) is 0 Å². The van der Waals surface area contributed by atoms with E-state index in [4.69, 9.17) is 0 Å². The third kappa shape index (κ3) is 10.8. The summed E-state index contributed by atoms with van der Waals surface area (Å²) in [6.07, 6.45) is 16.9. The molecule has 3 atom stereocenters. The number of fused-ring (bicyclic) bond motifs is 2. The molecule has 0 saturated heterocycles. The number of rotatable bonds is 2. The van der Waals surface area contributed by atoms with Crippen molar-refractivity contribution in [2.45, 2.75) is 134 Å². The minimum absolute atomic E-state index is 0. The summed E-state index contributed by atoms with van der Waals surface area (Å²) in [6.45, 7) is 17.6. The topological polar surface area (TPSA) is 0 Å². The van der Waals surface area contributed by atoms with Gasteiger partial charge in [0.15, 0.2) is 0 Å². The summed E-state index contributed by atoms with van der Waals surface area (Å²) in [5, 5.41) is 0. The van der Waals surface area contributed by atoms with Crippen LogP contribution in [0.1, 0.15) is 134 Å². The fourth-order valence-corrected chi connectivity index (χ4v) is 4.79.